The Hall–Kier alpha value is -3.09. The third kappa shape index (κ3) is 4.67. The molecule has 0 N–H and O–H groups in total. The number of likely N-dealkylation sites (tertiary alicyclic amines) is 1. The summed E-state index contributed by atoms with van der Waals surface area (Å²) in [5.41, 5.74) is 1.42. The van der Waals surface area contributed by atoms with Gasteiger partial charge in [-0.2, -0.15) is 0 Å². The van der Waals surface area contributed by atoms with E-state index in [-0.39, 0.29) is 24.3 Å². The largest absolute Gasteiger partial charge is 0.493 e. The van der Waals surface area contributed by atoms with Gasteiger partial charge in [0, 0.05) is 31.6 Å². The van der Waals surface area contributed by atoms with E-state index in [2.05, 4.69) is 0 Å². The van der Waals surface area contributed by atoms with Crippen LogP contribution < -0.4 is 14.4 Å². The number of rotatable bonds is 7. The molecule has 1 aliphatic heterocycles. The van der Waals surface area contributed by atoms with Crippen molar-refractivity contribution in [1.29, 1.82) is 0 Å². The molecule has 0 saturated carbocycles. The number of carbonyl (C=O) groups excluding carboxylic acids is 2. The molecule has 1 atom stereocenters. The summed E-state index contributed by atoms with van der Waals surface area (Å²) in [6.07, 6.45) is 0.328. The Labute approximate surface area is 169 Å². The van der Waals surface area contributed by atoms with Crippen LogP contribution in [-0.2, 0) is 9.59 Å². The molecule has 3 rings (SSSR count). The van der Waals surface area contributed by atoms with Gasteiger partial charge in [0.05, 0.1) is 13.7 Å². The van der Waals surface area contributed by atoms with Gasteiger partial charge in [-0.15, -0.1) is 0 Å². The lowest BCUT2D eigenvalue weighted by molar-refractivity contribution is -0.132. The molecule has 2 aromatic rings. The molecule has 0 aromatic heterocycles. The minimum absolute atomic E-state index is 0.0279. The Balaban J connectivity index is 1.69. The Morgan fingerprint density at radius 2 is 2.03 bits per heavy atom. The van der Waals surface area contributed by atoms with Gasteiger partial charge >= 0.3 is 0 Å². The predicted octanol–water partition coefficient (Wildman–Crippen LogP) is 3.21. The molecule has 2 aromatic carbocycles. The van der Waals surface area contributed by atoms with Crippen LogP contribution in [0.25, 0.3) is 0 Å². The molecular formula is C22H25FN2O4. The number of amides is 2. The molecule has 0 bridgehead atoms. The molecule has 1 aliphatic rings. The molecule has 1 fully saturated rings. The summed E-state index contributed by atoms with van der Waals surface area (Å²) in [4.78, 5) is 28.0. The maximum Gasteiger partial charge on any atom is 0.246 e. The Bertz CT molecular complexity index is 902. The zero-order valence-electron chi connectivity index (χ0n) is 16.9. The number of benzene rings is 2. The maximum atomic E-state index is 13.4. The number of carbonyl (C=O) groups is 2. The van der Waals surface area contributed by atoms with Gasteiger partial charge in [0.1, 0.15) is 12.4 Å². The predicted molar refractivity (Wildman–Crippen MR) is 108 cm³/mol. The molecule has 2 amide bonds. The average Bonchev–Trinajstić information content (AvgIpc) is 3.08. The van der Waals surface area contributed by atoms with Gasteiger partial charge in [0.25, 0.3) is 0 Å². The highest BCUT2D eigenvalue weighted by molar-refractivity contribution is 5.96. The zero-order valence-corrected chi connectivity index (χ0v) is 16.9. The first kappa shape index (κ1) is 20.6. The minimum atomic E-state index is -0.413. The van der Waals surface area contributed by atoms with Crippen molar-refractivity contribution in [2.45, 2.75) is 19.3 Å². The maximum absolute atomic E-state index is 13.4. The van der Waals surface area contributed by atoms with Crippen molar-refractivity contribution in [3.05, 3.63) is 53.8 Å². The molecule has 7 heteroatoms. The van der Waals surface area contributed by atoms with Crippen LogP contribution in [0.1, 0.15) is 24.8 Å². The van der Waals surface area contributed by atoms with E-state index in [9.17, 15) is 14.0 Å². The number of nitrogens with zero attached hydrogens (tertiary/aromatic N) is 2. The van der Waals surface area contributed by atoms with Crippen molar-refractivity contribution in [2.75, 3.05) is 38.8 Å². The number of anilines is 1. The fraction of sp³-hybridized carbons (Fsp3) is 0.364. The molecule has 1 saturated heterocycles. The van der Waals surface area contributed by atoms with Gasteiger partial charge in [-0.3, -0.25) is 9.59 Å². The van der Waals surface area contributed by atoms with E-state index in [1.807, 2.05) is 25.1 Å². The van der Waals surface area contributed by atoms with E-state index in [0.717, 1.165) is 5.56 Å². The highest BCUT2D eigenvalue weighted by atomic mass is 19.1. The van der Waals surface area contributed by atoms with Crippen LogP contribution in [0.2, 0.25) is 0 Å². The van der Waals surface area contributed by atoms with Gasteiger partial charge in [-0.1, -0.05) is 12.1 Å². The number of halogens is 1. The molecule has 0 spiro atoms. The summed E-state index contributed by atoms with van der Waals surface area (Å²) in [6.45, 7) is 2.81. The van der Waals surface area contributed by atoms with Gasteiger partial charge in [0.15, 0.2) is 11.5 Å². The second-order valence-electron chi connectivity index (χ2n) is 6.95. The quantitative estimate of drug-likeness (QED) is 0.716. The lowest BCUT2D eigenvalue weighted by Crippen LogP contribution is -2.39. The number of hydrogen-bond donors (Lipinski definition) is 0. The highest BCUT2D eigenvalue weighted by Gasteiger charge is 2.33. The van der Waals surface area contributed by atoms with Crippen molar-refractivity contribution in [3.63, 3.8) is 0 Å². The zero-order chi connectivity index (χ0) is 21.0. The van der Waals surface area contributed by atoms with Crippen LogP contribution in [0, 0.1) is 5.82 Å². The minimum Gasteiger partial charge on any atom is -0.493 e. The van der Waals surface area contributed by atoms with Crippen LogP contribution >= 0.6 is 0 Å². The smallest absolute Gasteiger partial charge is 0.246 e. The lowest BCUT2D eigenvalue weighted by Gasteiger charge is -2.22. The van der Waals surface area contributed by atoms with Gasteiger partial charge in [0.2, 0.25) is 11.8 Å². The summed E-state index contributed by atoms with van der Waals surface area (Å²) in [5, 5.41) is 0. The van der Waals surface area contributed by atoms with E-state index < -0.39 is 5.82 Å². The molecule has 1 heterocycles. The van der Waals surface area contributed by atoms with Crippen molar-refractivity contribution in [2.24, 2.45) is 0 Å². The fourth-order valence-corrected chi connectivity index (χ4v) is 3.46. The summed E-state index contributed by atoms with van der Waals surface area (Å²) in [7, 11) is 3.16. The number of hydrogen-bond acceptors (Lipinski definition) is 4. The third-order valence-corrected chi connectivity index (χ3v) is 5.07. The summed E-state index contributed by atoms with van der Waals surface area (Å²) in [5.74, 6) is 0.493. The van der Waals surface area contributed by atoms with Crippen LogP contribution in [0.5, 0.6) is 11.5 Å². The molecule has 154 valence electrons. The first-order valence-corrected chi connectivity index (χ1v) is 9.53. The fourth-order valence-electron chi connectivity index (χ4n) is 3.46. The van der Waals surface area contributed by atoms with Crippen molar-refractivity contribution < 1.29 is 23.5 Å². The molecule has 6 nitrogen and oxygen atoms in total. The van der Waals surface area contributed by atoms with Gasteiger partial charge < -0.3 is 19.3 Å². The van der Waals surface area contributed by atoms with Crippen LogP contribution in [-0.4, -0.2) is 50.6 Å². The van der Waals surface area contributed by atoms with Crippen LogP contribution in [0.4, 0.5) is 10.1 Å². The van der Waals surface area contributed by atoms with Crippen LogP contribution in [0.15, 0.2) is 42.5 Å². The highest BCUT2D eigenvalue weighted by Crippen LogP contribution is 2.35. The Kier molecular flexibility index (Phi) is 6.36. The Morgan fingerprint density at radius 3 is 2.72 bits per heavy atom. The monoisotopic (exact) mass is 400 g/mol. The van der Waals surface area contributed by atoms with E-state index in [0.29, 0.717) is 36.8 Å². The van der Waals surface area contributed by atoms with Crippen LogP contribution in [0.3, 0.4) is 0 Å². The second-order valence-corrected chi connectivity index (χ2v) is 6.95. The SMILES string of the molecule is CCOc1cc([C@@H]2CC(=O)N(CC(=O)N(C)c3cccc(F)c3)C2)ccc1OC. The lowest BCUT2D eigenvalue weighted by atomic mass is 9.98. The average molecular weight is 400 g/mol. The summed E-state index contributed by atoms with van der Waals surface area (Å²) < 4.78 is 24.3. The first-order valence-electron chi connectivity index (χ1n) is 9.53. The molecule has 0 aliphatic carbocycles. The second kappa shape index (κ2) is 8.94. The molecule has 0 unspecified atom stereocenters. The summed E-state index contributed by atoms with van der Waals surface area (Å²) in [6, 6.07) is 11.5. The van der Waals surface area contributed by atoms with E-state index in [4.69, 9.17) is 9.47 Å². The Morgan fingerprint density at radius 1 is 1.24 bits per heavy atom. The van der Waals surface area contributed by atoms with Crippen molar-refractivity contribution in [3.8, 4) is 11.5 Å². The van der Waals surface area contributed by atoms with E-state index in [1.54, 1.807) is 31.2 Å². The normalized spacial score (nSPS) is 16.1. The molecule has 0 radical (unpaired) electrons. The standard InChI is InChI=1S/C22H25FN2O4/c1-4-29-20-10-15(8-9-19(20)28-3)16-11-21(26)25(13-16)14-22(27)24(2)18-7-5-6-17(23)12-18/h5-10,12,16H,4,11,13-14H2,1-3H3/t16-/m1/s1. The summed E-state index contributed by atoms with van der Waals surface area (Å²) >= 11 is 0. The third-order valence-electron chi connectivity index (χ3n) is 5.07. The number of likely N-dealkylation sites (N-methyl/N-ethyl adjacent to an activating group) is 1. The topological polar surface area (TPSA) is 59.1 Å². The molecule has 29 heavy (non-hydrogen) atoms. The van der Waals surface area contributed by atoms with Crippen molar-refractivity contribution in [1.82, 2.24) is 4.90 Å². The van der Waals surface area contributed by atoms with E-state index >= 15 is 0 Å². The van der Waals surface area contributed by atoms with E-state index in [1.165, 1.54) is 17.0 Å². The number of methoxy groups -OCH3 is 1. The van der Waals surface area contributed by atoms with Gasteiger partial charge in [-0.25, -0.2) is 4.39 Å². The van der Waals surface area contributed by atoms with Crippen molar-refractivity contribution >= 4 is 17.5 Å². The number of ether oxygens (including phenoxy) is 2. The molecular weight excluding hydrogens is 375 g/mol. The first-order chi connectivity index (χ1) is 13.9. The van der Waals surface area contributed by atoms with Gasteiger partial charge in [-0.05, 0) is 42.8 Å².